The van der Waals surface area contributed by atoms with Crippen LogP contribution >= 0.6 is 0 Å². The van der Waals surface area contributed by atoms with Crippen LogP contribution < -0.4 is 0 Å². The molecule has 0 saturated heterocycles. The summed E-state index contributed by atoms with van der Waals surface area (Å²) in [5, 5.41) is 0. The molecule has 17 heavy (non-hydrogen) atoms. The molecule has 4 fully saturated rings. The zero-order valence-corrected chi connectivity index (χ0v) is 10.7. The van der Waals surface area contributed by atoms with Crippen molar-refractivity contribution in [1.29, 1.82) is 0 Å². The average molecular weight is 225 g/mol. The van der Waals surface area contributed by atoms with E-state index in [2.05, 4.69) is 37.3 Å². The van der Waals surface area contributed by atoms with E-state index in [0.29, 0.717) is 10.8 Å². The second-order valence-corrected chi connectivity index (χ2v) is 7.22. The summed E-state index contributed by atoms with van der Waals surface area (Å²) < 4.78 is 0. The van der Waals surface area contributed by atoms with E-state index in [-0.39, 0.29) is 0 Å². The molecule has 0 nitrogen and oxygen atoms in total. The fraction of sp³-hybridized carbons (Fsp3) is 0.588. The minimum absolute atomic E-state index is 0.519. The van der Waals surface area contributed by atoms with Crippen molar-refractivity contribution in [3.8, 4) is 0 Å². The largest absolute Gasteiger partial charge is 0.0622 e. The standard InChI is InChI=1S/C17H21/c1-16-8-13-7-14(9-16)11-17(10-13,12-16)15-5-3-2-4-6-15/h2-6,13H,7-12H2,1H3. The molecule has 0 aromatic heterocycles. The molecule has 1 aromatic rings. The van der Waals surface area contributed by atoms with E-state index >= 15 is 0 Å². The van der Waals surface area contributed by atoms with Gasteiger partial charge in [0.25, 0.3) is 0 Å². The predicted octanol–water partition coefficient (Wildman–Crippen LogP) is 4.50. The smallest absolute Gasteiger partial charge is 0.00337 e. The fourth-order valence-electron chi connectivity index (χ4n) is 5.51. The van der Waals surface area contributed by atoms with Crippen LogP contribution in [-0.2, 0) is 5.41 Å². The van der Waals surface area contributed by atoms with Crippen LogP contribution in [0, 0.1) is 17.3 Å². The van der Waals surface area contributed by atoms with Crippen LogP contribution in [0.1, 0.15) is 51.0 Å². The Labute approximate surface area is 104 Å². The molecule has 3 unspecified atom stereocenters. The first kappa shape index (κ1) is 10.2. The van der Waals surface area contributed by atoms with Gasteiger partial charge >= 0.3 is 0 Å². The van der Waals surface area contributed by atoms with Gasteiger partial charge in [-0.2, -0.15) is 0 Å². The molecule has 0 aliphatic heterocycles. The van der Waals surface area contributed by atoms with E-state index in [9.17, 15) is 0 Å². The Balaban J connectivity index is 1.79. The van der Waals surface area contributed by atoms with Crippen molar-refractivity contribution in [1.82, 2.24) is 0 Å². The molecular formula is C17H21. The maximum atomic E-state index is 2.54. The van der Waals surface area contributed by atoms with Gasteiger partial charge in [-0.15, -0.1) is 0 Å². The van der Waals surface area contributed by atoms with E-state index < -0.39 is 0 Å². The van der Waals surface area contributed by atoms with Crippen LogP contribution in [0.3, 0.4) is 0 Å². The van der Waals surface area contributed by atoms with Crippen LogP contribution in [0.15, 0.2) is 30.3 Å². The predicted molar refractivity (Wildman–Crippen MR) is 70.7 cm³/mol. The SMILES string of the molecule is CC12C[C]3CC(C1)CC(c1ccccc1)(C3)C2. The van der Waals surface area contributed by atoms with Crippen molar-refractivity contribution in [2.24, 2.45) is 11.3 Å². The van der Waals surface area contributed by atoms with Crippen LogP contribution in [0.25, 0.3) is 0 Å². The monoisotopic (exact) mass is 225 g/mol. The maximum Gasteiger partial charge on any atom is -0.00337 e. The zero-order valence-electron chi connectivity index (χ0n) is 10.7. The molecular weight excluding hydrogens is 204 g/mol. The summed E-state index contributed by atoms with van der Waals surface area (Å²) in [5.41, 5.74) is 2.77. The van der Waals surface area contributed by atoms with Crippen molar-refractivity contribution in [3.05, 3.63) is 41.8 Å². The molecule has 4 aliphatic carbocycles. The Morgan fingerprint density at radius 3 is 2.59 bits per heavy atom. The lowest BCUT2D eigenvalue weighted by molar-refractivity contribution is -0.00317. The fourth-order valence-corrected chi connectivity index (χ4v) is 5.51. The molecule has 89 valence electrons. The van der Waals surface area contributed by atoms with E-state index in [4.69, 9.17) is 0 Å². The molecule has 0 heterocycles. The third kappa shape index (κ3) is 1.42. The molecule has 4 saturated carbocycles. The normalized spacial score (nSPS) is 44.2. The van der Waals surface area contributed by atoms with Gasteiger partial charge in [-0.05, 0) is 66.8 Å². The molecule has 0 N–H and O–H groups in total. The van der Waals surface area contributed by atoms with Crippen LogP contribution in [-0.4, -0.2) is 0 Å². The van der Waals surface area contributed by atoms with E-state index in [1.165, 1.54) is 38.5 Å². The molecule has 1 radical (unpaired) electrons. The van der Waals surface area contributed by atoms with E-state index in [1.54, 1.807) is 5.56 Å². The van der Waals surface area contributed by atoms with Gasteiger partial charge in [0, 0.05) is 0 Å². The Kier molecular flexibility index (Phi) is 1.89. The Morgan fingerprint density at radius 2 is 1.88 bits per heavy atom. The summed E-state index contributed by atoms with van der Waals surface area (Å²) in [6.07, 6.45) is 8.65. The summed E-state index contributed by atoms with van der Waals surface area (Å²) in [4.78, 5) is 0. The van der Waals surface area contributed by atoms with Gasteiger partial charge in [-0.25, -0.2) is 0 Å². The lowest BCUT2D eigenvalue weighted by atomic mass is 9.43. The van der Waals surface area contributed by atoms with Crippen molar-refractivity contribution in [2.45, 2.75) is 50.9 Å². The van der Waals surface area contributed by atoms with Crippen LogP contribution in [0.5, 0.6) is 0 Å². The van der Waals surface area contributed by atoms with Crippen LogP contribution in [0.2, 0.25) is 0 Å². The minimum Gasteiger partial charge on any atom is -0.0622 e. The average Bonchev–Trinajstić information content (AvgIpc) is 2.27. The summed E-state index contributed by atoms with van der Waals surface area (Å²) in [5.74, 6) is 2.87. The molecule has 0 amide bonds. The van der Waals surface area contributed by atoms with Gasteiger partial charge in [0.15, 0.2) is 0 Å². The van der Waals surface area contributed by atoms with E-state index in [1.807, 2.05) is 5.92 Å². The lowest BCUT2D eigenvalue weighted by Crippen LogP contribution is -2.52. The highest BCUT2D eigenvalue weighted by Crippen LogP contribution is 2.66. The van der Waals surface area contributed by atoms with E-state index in [0.717, 1.165) is 5.92 Å². The van der Waals surface area contributed by atoms with Gasteiger partial charge in [0.1, 0.15) is 0 Å². The second-order valence-electron chi connectivity index (χ2n) is 7.22. The Hall–Kier alpha value is -0.780. The van der Waals surface area contributed by atoms with Gasteiger partial charge in [0.2, 0.25) is 0 Å². The summed E-state index contributed by atoms with van der Waals surface area (Å²) in [7, 11) is 0. The second kappa shape index (κ2) is 3.16. The molecule has 4 aliphatic rings. The Morgan fingerprint density at radius 1 is 1.06 bits per heavy atom. The highest BCUT2D eigenvalue weighted by Gasteiger charge is 2.56. The molecule has 0 spiro atoms. The van der Waals surface area contributed by atoms with Gasteiger partial charge in [-0.3, -0.25) is 0 Å². The first-order chi connectivity index (χ1) is 8.18. The highest BCUT2D eigenvalue weighted by molar-refractivity contribution is 5.33. The molecule has 3 atom stereocenters. The minimum atomic E-state index is 0.519. The molecule has 4 bridgehead atoms. The maximum absolute atomic E-state index is 2.54. The van der Waals surface area contributed by atoms with Gasteiger partial charge in [0.05, 0.1) is 0 Å². The Bertz CT molecular complexity index is 417. The highest BCUT2D eigenvalue weighted by atomic mass is 14.6. The molecule has 1 aromatic carbocycles. The number of hydrogen-bond acceptors (Lipinski definition) is 0. The first-order valence-electron chi connectivity index (χ1n) is 7.07. The summed E-state index contributed by atoms with van der Waals surface area (Å²) in [6.45, 7) is 2.54. The number of rotatable bonds is 1. The van der Waals surface area contributed by atoms with Crippen molar-refractivity contribution < 1.29 is 0 Å². The van der Waals surface area contributed by atoms with Crippen molar-refractivity contribution in [3.63, 3.8) is 0 Å². The van der Waals surface area contributed by atoms with Gasteiger partial charge in [-0.1, -0.05) is 37.3 Å². The van der Waals surface area contributed by atoms with Crippen molar-refractivity contribution >= 4 is 0 Å². The van der Waals surface area contributed by atoms with Gasteiger partial charge < -0.3 is 0 Å². The third-order valence-electron chi connectivity index (χ3n) is 5.45. The number of hydrogen-bond donors (Lipinski definition) is 0. The van der Waals surface area contributed by atoms with Crippen molar-refractivity contribution in [2.75, 3.05) is 0 Å². The zero-order chi connectivity index (χ0) is 11.5. The third-order valence-corrected chi connectivity index (χ3v) is 5.45. The topological polar surface area (TPSA) is 0 Å². The first-order valence-corrected chi connectivity index (χ1v) is 7.07. The quantitative estimate of drug-likeness (QED) is 0.660. The molecule has 5 rings (SSSR count). The summed E-state index contributed by atoms with van der Waals surface area (Å²) in [6, 6.07) is 11.3. The molecule has 0 heteroatoms. The lowest BCUT2D eigenvalue weighted by Gasteiger charge is -2.61. The number of benzene rings is 1. The van der Waals surface area contributed by atoms with Crippen LogP contribution in [0.4, 0.5) is 0 Å². The summed E-state index contributed by atoms with van der Waals surface area (Å²) >= 11 is 0.